The van der Waals surface area contributed by atoms with Gasteiger partial charge in [-0.25, -0.2) is 9.59 Å². The van der Waals surface area contributed by atoms with Crippen LogP contribution in [-0.2, 0) is 0 Å². The average Bonchev–Trinajstić information content (AvgIpc) is 2.37. The fraction of sp³-hybridized carbons (Fsp3) is 0.467. The molecule has 2 N–H and O–H groups in total. The highest BCUT2D eigenvalue weighted by atomic mass is 16.4. The first-order valence-corrected chi connectivity index (χ1v) is 6.58. The Morgan fingerprint density at radius 3 is 2.45 bits per heavy atom. The van der Waals surface area contributed by atoms with Gasteiger partial charge in [0.15, 0.2) is 0 Å². The van der Waals surface area contributed by atoms with Gasteiger partial charge in [-0.3, -0.25) is 0 Å². The number of carboxylic acid groups (broad SMARTS) is 1. The molecule has 110 valence electrons. The highest BCUT2D eigenvalue weighted by Gasteiger charge is 2.26. The van der Waals surface area contributed by atoms with Gasteiger partial charge in [-0.2, -0.15) is 0 Å². The fourth-order valence-corrected chi connectivity index (χ4v) is 1.77. The first-order valence-electron chi connectivity index (χ1n) is 6.58. The maximum atomic E-state index is 12.2. The van der Waals surface area contributed by atoms with E-state index in [1.165, 1.54) is 0 Å². The Labute approximate surface area is 119 Å². The molecule has 0 radical (unpaired) electrons. The molecule has 0 aliphatic heterocycles. The van der Waals surface area contributed by atoms with Gasteiger partial charge in [0.1, 0.15) is 0 Å². The number of amides is 2. The Balaban J connectivity index is 3.03. The van der Waals surface area contributed by atoms with E-state index < -0.39 is 5.97 Å². The van der Waals surface area contributed by atoms with Gasteiger partial charge in [-0.05, 0) is 38.8 Å². The minimum atomic E-state index is -1.05. The molecule has 0 heterocycles. The Hall–Kier alpha value is -2.04. The van der Waals surface area contributed by atoms with E-state index in [4.69, 9.17) is 0 Å². The Morgan fingerprint density at radius 1 is 1.35 bits per heavy atom. The molecule has 0 unspecified atom stereocenters. The molecule has 0 fully saturated rings. The van der Waals surface area contributed by atoms with Crippen LogP contribution in [0, 0.1) is 6.92 Å². The van der Waals surface area contributed by atoms with E-state index in [-0.39, 0.29) is 17.1 Å². The van der Waals surface area contributed by atoms with E-state index in [1.807, 2.05) is 20.8 Å². The molecule has 0 aliphatic carbocycles. The molecular weight excluding hydrogens is 256 g/mol. The summed E-state index contributed by atoms with van der Waals surface area (Å²) in [6, 6.07) is 4.72. The monoisotopic (exact) mass is 278 g/mol. The minimum absolute atomic E-state index is 0.128. The predicted molar refractivity (Wildman–Crippen MR) is 79.3 cm³/mol. The number of urea groups is 1. The molecule has 0 spiro atoms. The lowest BCUT2D eigenvalue weighted by molar-refractivity contribution is 0.0697. The Kier molecular flexibility index (Phi) is 4.76. The molecule has 1 aromatic carbocycles. The highest BCUT2D eigenvalue weighted by molar-refractivity contribution is 6.01. The number of carboxylic acids is 1. The summed E-state index contributed by atoms with van der Waals surface area (Å²) in [5.41, 5.74) is 0.773. The summed E-state index contributed by atoms with van der Waals surface area (Å²) in [7, 11) is 1.70. The van der Waals surface area contributed by atoms with Crippen LogP contribution < -0.4 is 5.32 Å². The van der Waals surface area contributed by atoms with Crippen molar-refractivity contribution in [2.75, 3.05) is 12.4 Å². The molecule has 2 amide bonds. The lowest BCUT2D eigenvalue weighted by Crippen LogP contribution is -2.46. The molecule has 0 saturated heterocycles. The number of anilines is 1. The van der Waals surface area contributed by atoms with Crippen LogP contribution in [0.1, 0.15) is 43.1 Å². The molecule has 20 heavy (non-hydrogen) atoms. The number of carbonyl (C=O) groups excluding carboxylic acids is 1. The van der Waals surface area contributed by atoms with E-state index in [1.54, 1.807) is 37.1 Å². The average molecular weight is 278 g/mol. The first-order chi connectivity index (χ1) is 9.20. The van der Waals surface area contributed by atoms with Gasteiger partial charge < -0.3 is 15.3 Å². The lowest BCUT2D eigenvalue weighted by atomic mass is 10.0. The number of hydrogen-bond acceptors (Lipinski definition) is 2. The van der Waals surface area contributed by atoms with Gasteiger partial charge in [0.05, 0.1) is 11.3 Å². The van der Waals surface area contributed by atoms with E-state index in [2.05, 4.69) is 5.32 Å². The summed E-state index contributed by atoms with van der Waals surface area (Å²) < 4.78 is 0. The molecule has 0 bridgehead atoms. The quantitative estimate of drug-likeness (QED) is 0.887. The van der Waals surface area contributed by atoms with Gasteiger partial charge in [0, 0.05) is 12.6 Å². The number of benzene rings is 1. The van der Waals surface area contributed by atoms with Crippen molar-refractivity contribution in [2.24, 2.45) is 0 Å². The smallest absolute Gasteiger partial charge is 0.338 e. The molecule has 0 atom stereocenters. The zero-order chi connectivity index (χ0) is 15.5. The van der Waals surface area contributed by atoms with Crippen molar-refractivity contribution in [2.45, 2.75) is 39.7 Å². The van der Waals surface area contributed by atoms with Gasteiger partial charge in [0.25, 0.3) is 0 Å². The van der Waals surface area contributed by atoms with Crippen LogP contribution in [0.25, 0.3) is 0 Å². The molecule has 5 nitrogen and oxygen atoms in total. The van der Waals surface area contributed by atoms with Crippen LogP contribution in [0.2, 0.25) is 0 Å². The number of aryl methyl sites for hydroxylation is 1. The van der Waals surface area contributed by atoms with E-state index >= 15 is 0 Å². The topological polar surface area (TPSA) is 69.6 Å². The van der Waals surface area contributed by atoms with Crippen molar-refractivity contribution in [1.29, 1.82) is 0 Å². The number of aromatic carboxylic acids is 1. The summed E-state index contributed by atoms with van der Waals surface area (Å²) in [6.45, 7) is 7.62. The number of nitrogens with zero attached hydrogens (tertiary/aromatic N) is 1. The third kappa shape index (κ3) is 3.29. The Morgan fingerprint density at radius 2 is 1.95 bits per heavy atom. The largest absolute Gasteiger partial charge is 0.478 e. The normalized spacial score (nSPS) is 11.1. The van der Waals surface area contributed by atoms with Crippen LogP contribution in [0.4, 0.5) is 10.5 Å². The first kappa shape index (κ1) is 16.0. The number of rotatable bonds is 4. The predicted octanol–water partition coefficient (Wildman–Crippen LogP) is 3.35. The number of hydrogen-bond donors (Lipinski definition) is 2. The second-order valence-electron chi connectivity index (χ2n) is 5.46. The molecular formula is C15H22N2O3. The Bertz CT molecular complexity index is 524. The van der Waals surface area contributed by atoms with E-state index in [0.29, 0.717) is 11.3 Å². The molecule has 0 aliphatic rings. The van der Waals surface area contributed by atoms with Gasteiger partial charge in [-0.15, -0.1) is 0 Å². The zero-order valence-electron chi connectivity index (χ0n) is 12.7. The molecule has 0 saturated carbocycles. The summed E-state index contributed by atoms with van der Waals surface area (Å²) in [5.74, 6) is -1.05. The van der Waals surface area contributed by atoms with E-state index in [0.717, 1.165) is 6.42 Å². The third-order valence-electron chi connectivity index (χ3n) is 3.81. The van der Waals surface area contributed by atoms with Gasteiger partial charge in [-0.1, -0.05) is 19.1 Å². The number of carbonyl (C=O) groups is 2. The van der Waals surface area contributed by atoms with Crippen LogP contribution in [-0.4, -0.2) is 34.6 Å². The van der Waals surface area contributed by atoms with Crippen molar-refractivity contribution in [3.63, 3.8) is 0 Å². The van der Waals surface area contributed by atoms with Crippen molar-refractivity contribution < 1.29 is 14.7 Å². The van der Waals surface area contributed by atoms with Gasteiger partial charge in [0.2, 0.25) is 0 Å². The molecule has 1 rings (SSSR count). The van der Waals surface area contributed by atoms with Crippen molar-refractivity contribution >= 4 is 17.7 Å². The third-order valence-corrected chi connectivity index (χ3v) is 3.81. The second kappa shape index (κ2) is 5.94. The van der Waals surface area contributed by atoms with E-state index in [9.17, 15) is 14.7 Å². The zero-order valence-corrected chi connectivity index (χ0v) is 12.7. The number of nitrogens with one attached hydrogen (secondary N) is 1. The highest BCUT2D eigenvalue weighted by Crippen LogP contribution is 2.22. The maximum Gasteiger partial charge on any atom is 0.338 e. The fourth-order valence-electron chi connectivity index (χ4n) is 1.77. The summed E-state index contributed by atoms with van der Waals surface area (Å²) in [6.07, 6.45) is 0.802. The van der Waals surface area contributed by atoms with Crippen LogP contribution >= 0.6 is 0 Å². The van der Waals surface area contributed by atoms with Crippen molar-refractivity contribution in [3.8, 4) is 0 Å². The van der Waals surface area contributed by atoms with Crippen LogP contribution in [0.15, 0.2) is 18.2 Å². The SMILES string of the molecule is CCC(C)(C)N(C)C(=O)Nc1cccc(C)c1C(=O)O. The lowest BCUT2D eigenvalue weighted by Gasteiger charge is -2.34. The van der Waals surface area contributed by atoms with Gasteiger partial charge >= 0.3 is 12.0 Å². The molecule has 1 aromatic rings. The summed E-state index contributed by atoms with van der Waals surface area (Å²) in [4.78, 5) is 25.1. The van der Waals surface area contributed by atoms with Crippen LogP contribution in [0.5, 0.6) is 0 Å². The van der Waals surface area contributed by atoms with Crippen LogP contribution in [0.3, 0.4) is 0 Å². The molecule has 5 heteroatoms. The minimum Gasteiger partial charge on any atom is -0.478 e. The van der Waals surface area contributed by atoms with Crippen molar-refractivity contribution in [1.82, 2.24) is 4.90 Å². The standard InChI is InChI=1S/C15H22N2O3/c1-6-15(3,4)17(5)14(20)16-11-9-7-8-10(2)12(11)13(18)19/h7-9H,6H2,1-5H3,(H,16,20)(H,18,19). The van der Waals surface area contributed by atoms with Crippen molar-refractivity contribution in [3.05, 3.63) is 29.3 Å². The maximum absolute atomic E-state index is 12.2. The summed E-state index contributed by atoms with van der Waals surface area (Å²) in [5, 5.41) is 11.9. The molecule has 0 aromatic heterocycles. The second-order valence-corrected chi connectivity index (χ2v) is 5.46. The summed E-state index contributed by atoms with van der Waals surface area (Å²) >= 11 is 0.